The number of rotatable bonds is 3. The highest BCUT2D eigenvalue weighted by molar-refractivity contribution is 6.10. The van der Waals surface area contributed by atoms with Gasteiger partial charge in [-0.2, -0.15) is 0 Å². The molecule has 15 heavy (non-hydrogen) atoms. The van der Waals surface area contributed by atoms with Crippen LogP contribution in [0.1, 0.15) is 13.3 Å². The highest BCUT2D eigenvalue weighted by Gasteiger charge is 2.39. The quantitative estimate of drug-likeness (QED) is 0.578. The summed E-state index contributed by atoms with van der Waals surface area (Å²) in [6.07, 6.45) is 0.735. The lowest BCUT2D eigenvalue weighted by Gasteiger charge is -2.21. The Morgan fingerprint density at radius 2 is 1.93 bits per heavy atom. The number of amides is 1. The van der Waals surface area contributed by atoms with Crippen LogP contribution in [0.15, 0.2) is 0 Å². The van der Waals surface area contributed by atoms with Gasteiger partial charge in [0.15, 0.2) is 11.3 Å². The van der Waals surface area contributed by atoms with Crippen molar-refractivity contribution in [3.8, 4) is 0 Å². The number of halogens is 2. The van der Waals surface area contributed by atoms with Crippen molar-refractivity contribution in [1.82, 2.24) is 5.32 Å². The molecule has 0 aromatic rings. The highest BCUT2D eigenvalue weighted by atomic mass is 35.5. The molecule has 0 aliphatic carbocycles. The fourth-order valence-electron chi connectivity index (χ4n) is 1.42. The summed E-state index contributed by atoms with van der Waals surface area (Å²) >= 11 is 0. The maximum Gasteiger partial charge on any atom is 0.244 e. The summed E-state index contributed by atoms with van der Waals surface area (Å²) in [7, 11) is 0. The first kappa shape index (κ1) is 17.0. The molecule has 2 atom stereocenters. The molecule has 0 bridgehead atoms. The molecule has 0 radical (unpaired) electrons. The van der Waals surface area contributed by atoms with Crippen molar-refractivity contribution >= 4 is 36.5 Å². The smallest absolute Gasteiger partial charge is 0.244 e. The molecule has 1 saturated heterocycles. The SMILES string of the molecule is CC(N)(C(N)=O)C(=O)[C@@H]1CCNC1.Cl.Cl. The standard InChI is InChI=1S/C8H15N3O2.2ClH/c1-8(10,7(9)13)6(12)5-2-3-11-4-5;;/h5,11H,2-4,10H2,1H3,(H2,9,13);2*1H/t5-,8?;;/m1../s1. The molecule has 7 heteroatoms. The molecule has 90 valence electrons. The Balaban J connectivity index is 0. The lowest BCUT2D eigenvalue weighted by Crippen LogP contribution is -2.57. The van der Waals surface area contributed by atoms with Crippen LogP contribution in [0.3, 0.4) is 0 Å². The predicted octanol–water partition coefficient (Wildman–Crippen LogP) is -0.789. The number of nitrogens with one attached hydrogen (secondary N) is 1. The van der Waals surface area contributed by atoms with Crippen LogP contribution in [0.25, 0.3) is 0 Å². The van der Waals surface area contributed by atoms with Gasteiger partial charge in [0.1, 0.15) is 0 Å². The number of Topliss-reactive ketones (excluding diaryl/α,β-unsaturated/α-hetero) is 1. The van der Waals surface area contributed by atoms with Crippen LogP contribution < -0.4 is 16.8 Å². The monoisotopic (exact) mass is 257 g/mol. The van der Waals surface area contributed by atoms with Gasteiger partial charge in [0.25, 0.3) is 0 Å². The number of hydrogen-bond donors (Lipinski definition) is 3. The van der Waals surface area contributed by atoms with Crippen LogP contribution in [0.4, 0.5) is 0 Å². The Morgan fingerprint density at radius 3 is 2.27 bits per heavy atom. The van der Waals surface area contributed by atoms with Gasteiger partial charge >= 0.3 is 0 Å². The number of primary amides is 1. The Bertz CT molecular complexity index is 240. The van der Waals surface area contributed by atoms with Crippen LogP contribution in [0.5, 0.6) is 0 Å². The number of hydrogen-bond acceptors (Lipinski definition) is 4. The minimum Gasteiger partial charge on any atom is -0.368 e. The zero-order valence-corrected chi connectivity index (χ0v) is 10.1. The zero-order valence-electron chi connectivity index (χ0n) is 8.49. The van der Waals surface area contributed by atoms with Gasteiger partial charge in [0.2, 0.25) is 5.91 Å². The fraction of sp³-hybridized carbons (Fsp3) is 0.750. The maximum atomic E-state index is 11.6. The summed E-state index contributed by atoms with van der Waals surface area (Å²) in [5.74, 6) is -1.18. The van der Waals surface area contributed by atoms with Gasteiger partial charge in [-0.05, 0) is 19.9 Å². The third kappa shape index (κ3) is 3.61. The largest absolute Gasteiger partial charge is 0.368 e. The first-order valence-corrected chi connectivity index (χ1v) is 4.30. The van der Waals surface area contributed by atoms with Gasteiger partial charge in [-0.1, -0.05) is 0 Å². The van der Waals surface area contributed by atoms with E-state index in [0.29, 0.717) is 6.54 Å². The highest BCUT2D eigenvalue weighted by Crippen LogP contribution is 2.15. The lowest BCUT2D eigenvalue weighted by atomic mass is 9.87. The van der Waals surface area contributed by atoms with E-state index in [2.05, 4.69) is 5.32 Å². The number of carbonyl (C=O) groups is 2. The second-order valence-corrected chi connectivity index (χ2v) is 3.62. The second-order valence-electron chi connectivity index (χ2n) is 3.62. The first-order chi connectivity index (χ1) is 5.96. The molecule has 1 rings (SSSR count). The summed E-state index contributed by atoms with van der Waals surface area (Å²) in [5.41, 5.74) is 9.05. The fourth-order valence-corrected chi connectivity index (χ4v) is 1.42. The molecule has 0 aromatic carbocycles. The summed E-state index contributed by atoms with van der Waals surface area (Å²) in [6, 6.07) is 0. The molecule has 0 aromatic heterocycles. The van der Waals surface area contributed by atoms with Gasteiger partial charge < -0.3 is 16.8 Å². The van der Waals surface area contributed by atoms with E-state index in [4.69, 9.17) is 11.5 Å². The van der Waals surface area contributed by atoms with Crippen molar-refractivity contribution in [2.24, 2.45) is 17.4 Å². The van der Waals surface area contributed by atoms with Crippen LogP contribution in [-0.4, -0.2) is 30.3 Å². The molecule has 1 unspecified atom stereocenters. The van der Waals surface area contributed by atoms with Crippen molar-refractivity contribution in [2.75, 3.05) is 13.1 Å². The second kappa shape index (κ2) is 6.27. The minimum atomic E-state index is -1.52. The predicted molar refractivity (Wildman–Crippen MR) is 62.3 cm³/mol. The molecule has 1 aliphatic rings. The van der Waals surface area contributed by atoms with Crippen LogP contribution in [-0.2, 0) is 9.59 Å². The van der Waals surface area contributed by atoms with Gasteiger partial charge in [0, 0.05) is 12.5 Å². The normalized spacial score (nSPS) is 23.2. The van der Waals surface area contributed by atoms with Crippen LogP contribution in [0.2, 0.25) is 0 Å². The molecule has 1 heterocycles. The van der Waals surface area contributed by atoms with Gasteiger partial charge in [-0.25, -0.2) is 0 Å². The van der Waals surface area contributed by atoms with Crippen molar-refractivity contribution in [3.05, 3.63) is 0 Å². The van der Waals surface area contributed by atoms with Crippen molar-refractivity contribution < 1.29 is 9.59 Å². The van der Waals surface area contributed by atoms with E-state index >= 15 is 0 Å². The summed E-state index contributed by atoms with van der Waals surface area (Å²) in [6.45, 7) is 2.76. The van der Waals surface area contributed by atoms with Crippen LogP contribution in [0, 0.1) is 5.92 Å². The van der Waals surface area contributed by atoms with Crippen molar-refractivity contribution in [2.45, 2.75) is 18.9 Å². The molecule has 1 aliphatic heterocycles. The first-order valence-electron chi connectivity index (χ1n) is 4.30. The molecule has 5 N–H and O–H groups in total. The third-order valence-corrected chi connectivity index (χ3v) is 2.45. The van der Waals surface area contributed by atoms with E-state index in [9.17, 15) is 9.59 Å². The van der Waals surface area contributed by atoms with Crippen molar-refractivity contribution in [3.63, 3.8) is 0 Å². The minimum absolute atomic E-state index is 0. The van der Waals surface area contributed by atoms with Crippen LogP contribution >= 0.6 is 24.8 Å². The topological polar surface area (TPSA) is 98.2 Å². The Labute approximate surface area is 101 Å². The molecule has 0 spiro atoms. The molecule has 0 saturated carbocycles. The Morgan fingerprint density at radius 1 is 1.40 bits per heavy atom. The molecular formula is C8H17Cl2N3O2. The average Bonchev–Trinajstić information content (AvgIpc) is 2.54. The number of carbonyl (C=O) groups excluding carboxylic acids is 2. The van der Waals surface area contributed by atoms with Gasteiger partial charge in [-0.15, -0.1) is 24.8 Å². The Hall–Kier alpha value is -0.360. The summed E-state index contributed by atoms with van der Waals surface area (Å²) < 4.78 is 0. The number of ketones is 1. The third-order valence-electron chi connectivity index (χ3n) is 2.45. The van der Waals surface area contributed by atoms with E-state index in [-0.39, 0.29) is 36.5 Å². The molecular weight excluding hydrogens is 241 g/mol. The van der Waals surface area contributed by atoms with E-state index in [1.54, 1.807) is 0 Å². The van der Waals surface area contributed by atoms with Gasteiger partial charge in [0.05, 0.1) is 0 Å². The van der Waals surface area contributed by atoms with E-state index < -0.39 is 11.4 Å². The molecule has 1 amide bonds. The summed E-state index contributed by atoms with van der Waals surface area (Å²) in [5, 5.41) is 3.04. The lowest BCUT2D eigenvalue weighted by molar-refractivity contribution is -0.135. The van der Waals surface area contributed by atoms with Crippen molar-refractivity contribution in [1.29, 1.82) is 0 Å². The van der Waals surface area contributed by atoms with E-state index in [1.807, 2.05) is 0 Å². The molecule has 5 nitrogen and oxygen atoms in total. The zero-order chi connectivity index (χ0) is 10.1. The average molecular weight is 258 g/mol. The molecule has 1 fully saturated rings. The maximum absolute atomic E-state index is 11.6. The van der Waals surface area contributed by atoms with E-state index in [1.165, 1.54) is 6.92 Å². The Kier molecular flexibility index (Phi) is 7.13. The van der Waals surface area contributed by atoms with Gasteiger partial charge in [-0.3, -0.25) is 9.59 Å². The number of nitrogens with two attached hydrogens (primary N) is 2. The van der Waals surface area contributed by atoms with E-state index in [0.717, 1.165) is 13.0 Å². The summed E-state index contributed by atoms with van der Waals surface area (Å²) in [4.78, 5) is 22.5.